The maximum absolute atomic E-state index is 12.2. The lowest BCUT2D eigenvalue weighted by molar-refractivity contribution is -0.116. The highest BCUT2D eigenvalue weighted by Gasteiger charge is 2.21. The molecule has 1 aliphatic heterocycles. The van der Waals surface area contributed by atoms with Crippen LogP contribution in [0.2, 0.25) is 0 Å². The van der Waals surface area contributed by atoms with Crippen LogP contribution < -0.4 is 20.1 Å². The molecule has 0 aliphatic carbocycles. The van der Waals surface area contributed by atoms with E-state index in [-0.39, 0.29) is 17.5 Å². The van der Waals surface area contributed by atoms with Crippen LogP contribution in [0.4, 0.5) is 5.69 Å². The molecule has 0 bridgehead atoms. The second kappa shape index (κ2) is 7.82. The Labute approximate surface area is 135 Å². The number of hydrogen-bond donors (Lipinski definition) is 2. The molecule has 1 unspecified atom stereocenters. The highest BCUT2D eigenvalue weighted by molar-refractivity contribution is 5.97. The SMILES string of the molecule is COC(=O)c1cc(NC(=O)CC2CCCN2)c(OC)c(OC)c1. The molecule has 126 valence electrons. The second-order valence-corrected chi connectivity index (χ2v) is 5.30. The van der Waals surface area contributed by atoms with Crippen LogP contribution in [0.15, 0.2) is 12.1 Å². The highest BCUT2D eigenvalue weighted by atomic mass is 16.5. The van der Waals surface area contributed by atoms with E-state index in [4.69, 9.17) is 14.2 Å². The summed E-state index contributed by atoms with van der Waals surface area (Å²) < 4.78 is 15.2. The Morgan fingerprint density at radius 1 is 1.26 bits per heavy atom. The fraction of sp³-hybridized carbons (Fsp3) is 0.500. The lowest BCUT2D eigenvalue weighted by Gasteiger charge is -2.16. The quantitative estimate of drug-likeness (QED) is 0.773. The van der Waals surface area contributed by atoms with Crippen LogP contribution >= 0.6 is 0 Å². The van der Waals surface area contributed by atoms with Gasteiger partial charge in [-0.3, -0.25) is 4.79 Å². The van der Waals surface area contributed by atoms with E-state index >= 15 is 0 Å². The van der Waals surface area contributed by atoms with Gasteiger partial charge in [0.15, 0.2) is 11.5 Å². The van der Waals surface area contributed by atoms with Crippen LogP contribution in [0.5, 0.6) is 11.5 Å². The smallest absolute Gasteiger partial charge is 0.338 e. The maximum Gasteiger partial charge on any atom is 0.338 e. The number of benzene rings is 1. The fourth-order valence-electron chi connectivity index (χ4n) is 2.65. The predicted octanol–water partition coefficient (Wildman–Crippen LogP) is 1.57. The number of carbonyl (C=O) groups excluding carboxylic acids is 2. The largest absolute Gasteiger partial charge is 0.493 e. The van der Waals surface area contributed by atoms with Gasteiger partial charge in [-0.1, -0.05) is 0 Å². The van der Waals surface area contributed by atoms with Gasteiger partial charge < -0.3 is 24.8 Å². The van der Waals surface area contributed by atoms with Crippen molar-refractivity contribution in [1.82, 2.24) is 5.32 Å². The van der Waals surface area contributed by atoms with Gasteiger partial charge in [0.05, 0.1) is 32.6 Å². The van der Waals surface area contributed by atoms with Crippen LogP contribution in [-0.2, 0) is 9.53 Å². The van der Waals surface area contributed by atoms with E-state index in [1.807, 2.05) is 0 Å². The van der Waals surface area contributed by atoms with Crippen molar-refractivity contribution in [1.29, 1.82) is 0 Å². The molecule has 7 heteroatoms. The van der Waals surface area contributed by atoms with E-state index in [0.29, 0.717) is 23.6 Å². The number of esters is 1. The van der Waals surface area contributed by atoms with Crippen molar-refractivity contribution in [3.05, 3.63) is 17.7 Å². The summed E-state index contributed by atoms with van der Waals surface area (Å²) in [5.41, 5.74) is 0.662. The number of amides is 1. The van der Waals surface area contributed by atoms with Crippen LogP contribution in [0.25, 0.3) is 0 Å². The molecule has 0 aromatic heterocycles. The lowest BCUT2D eigenvalue weighted by atomic mass is 10.1. The predicted molar refractivity (Wildman–Crippen MR) is 85.2 cm³/mol. The summed E-state index contributed by atoms with van der Waals surface area (Å²) in [5.74, 6) is 0.0586. The molecule has 1 saturated heterocycles. The Morgan fingerprint density at radius 3 is 2.61 bits per heavy atom. The Balaban J connectivity index is 2.23. The number of nitrogens with one attached hydrogen (secondary N) is 2. The molecular formula is C16H22N2O5. The van der Waals surface area contributed by atoms with Gasteiger partial charge in [0.25, 0.3) is 0 Å². The summed E-state index contributed by atoms with van der Waals surface area (Å²) in [6, 6.07) is 3.22. The molecule has 2 rings (SSSR count). The van der Waals surface area contributed by atoms with E-state index in [2.05, 4.69) is 10.6 Å². The first-order valence-corrected chi connectivity index (χ1v) is 7.46. The van der Waals surface area contributed by atoms with Crippen LogP contribution in [0.3, 0.4) is 0 Å². The third kappa shape index (κ3) is 4.13. The molecule has 0 spiro atoms. The second-order valence-electron chi connectivity index (χ2n) is 5.30. The topological polar surface area (TPSA) is 85.9 Å². The fourth-order valence-corrected chi connectivity index (χ4v) is 2.65. The molecule has 1 aromatic rings. The highest BCUT2D eigenvalue weighted by Crippen LogP contribution is 2.37. The average Bonchev–Trinajstić information content (AvgIpc) is 3.05. The molecule has 2 N–H and O–H groups in total. The normalized spacial score (nSPS) is 16.7. The molecule has 1 amide bonds. The van der Waals surface area contributed by atoms with Gasteiger partial charge in [0.1, 0.15) is 0 Å². The summed E-state index contributed by atoms with van der Waals surface area (Å²) in [4.78, 5) is 24.0. The Hall–Kier alpha value is -2.28. The zero-order chi connectivity index (χ0) is 16.8. The van der Waals surface area contributed by atoms with Gasteiger partial charge in [-0.25, -0.2) is 4.79 Å². The van der Waals surface area contributed by atoms with Gasteiger partial charge >= 0.3 is 5.97 Å². The third-order valence-electron chi connectivity index (χ3n) is 3.77. The average molecular weight is 322 g/mol. The standard InChI is InChI=1S/C16H22N2O5/c1-21-13-8-10(16(20)23-3)7-12(15(13)22-2)18-14(19)9-11-5-4-6-17-11/h7-8,11,17H,4-6,9H2,1-3H3,(H,18,19). The summed E-state index contributed by atoms with van der Waals surface area (Å²) >= 11 is 0. The van der Waals surface area contributed by atoms with Crippen LogP contribution in [0, 0.1) is 0 Å². The van der Waals surface area contributed by atoms with Crippen molar-refractivity contribution in [3.63, 3.8) is 0 Å². The number of rotatable bonds is 6. The van der Waals surface area contributed by atoms with E-state index < -0.39 is 5.97 Å². The number of hydrogen-bond acceptors (Lipinski definition) is 6. The molecule has 1 heterocycles. The molecule has 7 nitrogen and oxygen atoms in total. The van der Waals surface area contributed by atoms with Crippen LogP contribution in [-0.4, -0.2) is 45.8 Å². The van der Waals surface area contributed by atoms with Crippen molar-refractivity contribution < 1.29 is 23.8 Å². The van der Waals surface area contributed by atoms with E-state index in [0.717, 1.165) is 19.4 Å². The van der Waals surface area contributed by atoms with E-state index in [1.165, 1.54) is 33.5 Å². The molecule has 23 heavy (non-hydrogen) atoms. The van der Waals surface area contributed by atoms with Crippen molar-refractivity contribution in [2.45, 2.75) is 25.3 Å². The van der Waals surface area contributed by atoms with Crippen molar-refractivity contribution in [3.8, 4) is 11.5 Å². The summed E-state index contributed by atoms with van der Waals surface area (Å²) in [6.07, 6.45) is 2.43. The number of ether oxygens (including phenoxy) is 3. The minimum absolute atomic E-state index is 0.147. The molecule has 1 fully saturated rings. The van der Waals surface area contributed by atoms with Crippen molar-refractivity contribution >= 4 is 17.6 Å². The molecular weight excluding hydrogens is 300 g/mol. The first-order chi connectivity index (χ1) is 11.1. The Bertz CT molecular complexity index is 582. The van der Waals surface area contributed by atoms with Gasteiger partial charge in [0.2, 0.25) is 5.91 Å². The minimum atomic E-state index is -0.515. The summed E-state index contributed by atoms with van der Waals surface area (Å²) in [7, 11) is 4.24. The van der Waals surface area contributed by atoms with Crippen molar-refractivity contribution in [2.24, 2.45) is 0 Å². The monoisotopic (exact) mass is 322 g/mol. The van der Waals surface area contributed by atoms with Gasteiger partial charge in [-0.05, 0) is 31.5 Å². The summed E-state index contributed by atoms with van der Waals surface area (Å²) in [5, 5.41) is 6.06. The number of methoxy groups -OCH3 is 3. The van der Waals surface area contributed by atoms with E-state index in [1.54, 1.807) is 0 Å². The molecule has 1 atom stereocenters. The van der Waals surface area contributed by atoms with Gasteiger partial charge in [-0.15, -0.1) is 0 Å². The Kier molecular flexibility index (Phi) is 5.81. The minimum Gasteiger partial charge on any atom is -0.493 e. The maximum atomic E-state index is 12.2. The van der Waals surface area contributed by atoms with Gasteiger partial charge in [-0.2, -0.15) is 0 Å². The van der Waals surface area contributed by atoms with Crippen LogP contribution in [0.1, 0.15) is 29.6 Å². The van der Waals surface area contributed by atoms with Gasteiger partial charge in [0, 0.05) is 12.5 Å². The molecule has 1 aliphatic rings. The summed E-state index contributed by atoms with van der Waals surface area (Å²) in [6.45, 7) is 0.937. The first kappa shape index (κ1) is 17.1. The zero-order valence-electron chi connectivity index (χ0n) is 13.6. The third-order valence-corrected chi connectivity index (χ3v) is 3.77. The molecule has 0 radical (unpaired) electrons. The number of anilines is 1. The molecule has 0 saturated carbocycles. The molecule has 1 aromatic carbocycles. The van der Waals surface area contributed by atoms with E-state index in [9.17, 15) is 9.59 Å². The lowest BCUT2D eigenvalue weighted by Crippen LogP contribution is -2.27. The Morgan fingerprint density at radius 2 is 2.04 bits per heavy atom. The zero-order valence-corrected chi connectivity index (χ0v) is 13.6. The number of carbonyl (C=O) groups is 2. The first-order valence-electron chi connectivity index (χ1n) is 7.46. The van der Waals surface area contributed by atoms with Crippen molar-refractivity contribution in [2.75, 3.05) is 33.2 Å².